The Morgan fingerprint density at radius 3 is 2.35 bits per heavy atom. The highest BCUT2D eigenvalue weighted by Gasteiger charge is 2.18. The number of carbonyl (C=O) groups is 1. The van der Waals surface area contributed by atoms with E-state index in [-0.39, 0.29) is 6.42 Å². The Bertz CT molecular complexity index is 417. The molecule has 3 N–H and O–H groups in total. The number of hydrogen-bond donors (Lipinski definition) is 2. The average Bonchev–Trinajstić information content (AvgIpc) is 2.31. The van der Waals surface area contributed by atoms with Crippen LogP contribution in [-0.4, -0.2) is 31.3 Å². The first-order chi connectivity index (χ1) is 8.01. The molecule has 0 saturated heterocycles. The van der Waals surface area contributed by atoms with Crippen molar-refractivity contribution in [3.8, 4) is 11.5 Å². The van der Waals surface area contributed by atoms with E-state index in [1.165, 1.54) is 7.11 Å². The van der Waals surface area contributed by atoms with Crippen molar-refractivity contribution < 1.29 is 19.4 Å². The second kappa shape index (κ2) is 5.54. The number of rotatable bonds is 5. The molecule has 17 heavy (non-hydrogen) atoms. The van der Waals surface area contributed by atoms with E-state index >= 15 is 0 Å². The standard InChI is InChI=1S/C12H17NO4/c1-7-8(6-9(13)12(14)15)11(17-3)5-4-10(7)16-2/h4-5,9H,6,13H2,1-3H3,(H,14,15). The lowest BCUT2D eigenvalue weighted by Crippen LogP contribution is -2.32. The second-order valence-corrected chi connectivity index (χ2v) is 3.72. The first-order valence-corrected chi connectivity index (χ1v) is 5.20. The van der Waals surface area contributed by atoms with Crippen LogP contribution in [0.5, 0.6) is 11.5 Å². The Morgan fingerprint density at radius 1 is 1.35 bits per heavy atom. The molecule has 0 saturated carbocycles. The van der Waals surface area contributed by atoms with E-state index in [0.29, 0.717) is 11.5 Å². The van der Waals surface area contributed by atoms with Crippen molar-refractivity contribution >= 4 is 5.97 Å². The van der Waals surface area contributed by atoms with Gasteiger partial charge < -0.3 is 20.3 Å². The highest BCUT2D eigenvalue weighted by atomic mass is 16.5. The molecular weight excluding hydrogens is 222 g/mol. The smallest absolute Gasteiger partial charge is 0.320 e. The molecule has 0 spiro atoms. The maximum atomic E-state index is 10.8. The molecule has 0 aromatic heterocycles. The Morgan fingerprint density at radius 2 is 1.88 bits per heavy atom. The van der Waals surface area contributed by atoms with Crippen molar-refractivity contribution in [2.45, 2.75) is 19.4 Å². The van der Waals surface area contributed by atoms with Crippen LogP contribution in [0.1, 0.15) is 11.1 Å². The van der Waals surface area contributed by atoms with E-state index in [0.717, 1.165) is 11.1 Å². The summed E-state index contributed by atoms with van der Waals surface area (Å²) in [6.07, 6.45) is 0.210. The molecule has 1 aromatic rings. The van der Waals surface area contributed by atoms with Crippen LogP contribution in [0.3, 0.4) is 0 Å². The number of methoxy groups -OCH3 is 2. The predicted octanol–water partition coefficient (Wildman–Crippen LogP) is 0.967. The molecule has 0 heterocycles. The molecular formula is C12H17NO4. The highest BCUT2D eigenvalue weighted by molar-refractivity contribution is 5.74. The van der Waals surface area contributed by atoms with Gasteiger partial charge >= 0.3 is 5.97 Å². The van der Waals surface area contributed by atoms with Crippen LogP contribution in [0.15, 0.2) is 12.1 Å². The van der Waals surface area contributed by atoms with Crippen molar-refractivity contribution in [1.82, 2.24) is 0 Å². The third kappa shape index (κ3) is 2.88. The van der Waals surface area contributed by atoms with E-state index in [9.17, 15) is 4.79 Å². The third-order valence-corrected chi connectivity index (χ3v) is 2.69. The Balaban J connectivity index is 3.14. The summed E-state index contributed by atoms with van der Waals surface area (Å²) in [5.41, 5.74) is 7.15. The maximum Gasteiger partial charge on any atom is 0.320 e. The molecule has 94 valence electrons. The Hall–Kier alpha value is -1.75. The molecule has 5 heteroatoms. The zero-order valence-corrected chi connectivity index (χ0v) is 10.2. The predicted molar refractivity (Wildman–Crippen MR) is 63.6 cm³/mol. The summed E-state index contributed by atoms with van der Waals surface area (Å²) in [6, 6.07) is 2.58. The fraction of sp³-hybridized carbons (Fsp3) is 0.417. The molecule has 1 aromatic carbocycles. The largest absolute Gasteiger partial charge is 0.496 e. The fourth-order valence-electron chi connectivity index (χ4n) is 1.68. The van der Waals surface area contributed by atoms with Gasteiger partial charge in [-0.25, -0.2) is 0 Å². The first kappa shape index (κ1) is 13.3. The van der Waals surface area contributed by atoms with Gasteiger partial charge in [-0.05, 0) is 24.6 Å². The second-order valence-electron chi connectivity index (χ2n) is 3.72. The summed E-state index contributed by atoms with van der Waals surface area (Å²) in [6.45, 7) is 1.85. The average molecular weight is 239 g/mol. The normalized spacial score (nSPS) is 12.0. The number of benzene rings is 1. The van der Waals surface area contributed by atoms with E-state index < -0.39 is 12.0 Å². The molecule has 0 aliphatic carbocycles. The van der Waals surface area contributed by atoms with E-state index in [2.05, 4.69) is 0 Å². The zero-order chi connectivity index (χ0) is 13.0. The van der Waals surface area contributed by atoms with Gasteiger partial charge in [0.1, 0.15) is 17.5 Å². The summed E-state index contributed by atoms with van der Waals surface area (Å²) in [4.78, 5) is 10.8. The van der Waals surface area contributed by atoms with Gasteiger partial charge in [-0.1, -0.05) is 0 Å². The van der Waals surface area contributed by atoms with Gasteiger partial charge in [-0.3, -0.25) is 4.79 Å². The molecule has 1 rings (SSSR count). The lowest BCUT2D eigenvalue weighted by molar-refractivity contribution is -0.138. The lowest BCUT2D eigenvalue weighted by Gasteiger charge is -2.16. The van der Waals surface area contributed by atoms with Gasteiger partial charge in [0.2, 0.25) is 0 Å². The maximum absolute atomic E-state index is 10.8. The molecule has 0 aliphatic heterocycles. The quantitative estimate of drug-likeness (QED) is 0.800. The van der Waals surface area contributed by atoms with Gasteiger partial charge in [0.05, 0.1) is 14.2 Å². The molecule has 1 unspecified atom stereocenters. The van der Waals surface area contributed by atoms with Gasteiger partial charge in [0, 0.05) is 12.0 Å². The SMILES string of the molecule is COc1ccc(OC)c(CC(N)C(=O)O)c1C. The number of nitrogens with two attached hydrogens (primary N) is 1. The van der Waals surface area contributed by atoms with Crippen LogP contribution in [0.2, 0.25) is 0 Å². The van der Waals surface area contributed by atoms with Gasteiger partial charge in [-0.2, -0.15) is 0 Å². The van der Waals surface area contributed by atoms with E-state index in [4.69, 9.17) is 20.3 Å². The Kier molecular flexibility index (Phi) is 4.34. The zero-order valence-electron chi connectivity index (χ0n) is 10.2. The van der Waals surface area contributed by atoms with Crippen LogP contribution >= 0.6 is 0 Å². The molecule has 1 atom stereocenters. The van der Waals surface area contributed by atoms with Crippen molar-refractivity contribution in [3.05, 3.63) is 23.3 Å². The van der Waals surface area contributed by atoms with Crippen molar-refractivity contribution in [2.24, 2.45) is 5.73 Å². The van der Waals surface area contributed by atoms with Gasteiger partial charge in [0.15, 0.2) is 0 Å². The summed E-state index contributed by atoms with van der Waals surface area (Å²) in [5, 5.41) is 8.83. The number of carboxylic acid groups (broad SMARTS) is 1. The minimum absolute atomic E-state index is 0.210. The van der Waals surface area contributed by atoms with Gasteiger partial charge in [0.25, 0.3) is 0 Å². The summed E-state index contributed by atoms with van der Waals surface area (Å²) < 4.78 is 10.4. The van der Waals surface area contributed by atoms with Crippen molar-refractivity contribution in [3.63, 3.8) is 0 Å². The van der Waals surface area contributed by atoms with Crippen LogP contribution in [0, 0.1) is 6.92 Å². The van der Waals surface area contributed by atoms with Crippen LogP contribution in [-0.2, 0) is 11.2 Å². The van der Waals surface area contributed by atoms with Crippen LogP contribution in [0.25, 0.3) is 0 Å². The lowest BCUT2D eigenvalue weighted by atomic mass is 9.99. The number of ether oxygens (including phenoxy) is 2. The fourth-order valence-corrected chi connectivity index (χ4v) is 1.68. The molecule has 5 nitrogen and oxygen atoms in total. The third-order valence-electron chi connectivity index (χ3n) is 2.69. The molecule has 0 radical (unpaired) electrons. The topological polar surface area (TPSA) is 81.8 Å². The van der Waals surface area contributed by atoms with Crippen molar-refractivity contribution in [1.29, 1.82) is 0 Å². The summed E-state index contributed by atoms with van der Waals surface area (Å²) in [7, 11) is 3.10. The number of aliphatic carboxylic acids is 1. The monoisotopic (exact) mass is 239 g/mol. The number of carboxylic acids is 1. The molecule has 0 amide bonds. The Labute approximate surface area is 100 Å². The van der Waals surface area contributed by atoms with Crippen LogP contribution in [0.4, 0.5) is 0 Å². The van der Waals surface area contributed by atoms with Gasteiger partial charge in [-0.15, -0.1) is 0 Å². The van der Waals surface area contributed by atoms with E-state index in [1.54, 1.807) is 19.2 Å². The molecule has 0 aliphatic rings. The molecule has 0 fully saturated rings. The minimum atomic E-state index is -1.03. The number of hydrogen-bond acceptors (Lipinski definition) is 4. The highest BCUT2D eigenvalue weighted by Crippen LogP contribution is 2.30. The van der Waals surface area contributed by atoms with E-state index in [1.807, 2.05) is 6.92 Å². The summed E-state index contributed by atoms with van der Waals surface area (Å²) in [5.74, 6) is 0.285. The minimum Gasteiger partial charge on any atom is -0.496 e. The van der Waals surface area contributed by atoms with Crippen molar-refractivity contribution in [2.75, 3.05) is 14.2 Å². The van der Waals surface area contributed by atoms with Crippen LogP contribution < -0.4 is 15.2 Å². The first-order valence-electron chi connectivity index (χ1n) is 5.20. The summed E-state index contributed by atoms with van der Waals surface area (Å²) >= 11 is 0. The molecule has 0 bridgehead atoms.